The van der Waals surface area contributed by atoms with Crippen LogP contribution in [0.3, 0.4) is 0 Å². The molecule has 0 aliphatic rings. The number of aryl methyl sites for hydroxylation is 2. The lowest BCUT2D eigenvalue weighted by atomic mass is 9.96. The fourth-order valence-electron chi connectivity index (χ4n) is 1.95. The number of hydrogen-bond acceptors (Lipinski definition) is 1. The third-order valence-electron chi connectivity index (χ3n) is 3.10. The van der Waals surface area contributed by atoms with Crippen molar-refractivity contribution in [2.75, 3.05) is 0 Å². The average molecular weight is 247 g/mol. The molecule has 1 nitrogen and oxygen atoms in total. The maximum atomic E-state index is 14.0. The highest BCUT2D eigenvalue weighted by molar-refractivity contribution is 5.36. The molecule has 2 aromatic rings. The summed E-state index contributed by atoms with van der Waals surface area (Å²) in [5, 5.41) is 0. The van der Waals surface area contributed by atoms with Gasteiger partial charge in [0.15, 0.2) is 0 Å². The van der Waals surface area contributed by atoms with Crippen molar-refractivity contribution in [2.45, 2.75) is 19.9 Å². The van der Waals surface area contributed by atoms with E-state index in [9.17, 15) is 8.78 Å². The van der Waals surface area contributed by atoms with Crippen LogP contribution in [-0.4, -0.2) is 0 Å². The molecule has 1 atom stereocenters. The van der Waals surface area contributed by atoms with Crippen LogP contribution in [0.2, 0.25) is 0 Å². The molecule has 0 aromatic heterocycles. The van der Waals surface area contributed by atoms with Gasteiger partial charge in [0.2, 0.25) is 0 Å². The topological polar surface area (TPSA) is 26.0 Å². The Hall–Kier alpha value is -1.74. The Labute approximate surface area is 105 Å². The standard InChI is InChI=1S/C15H15F2N/c1-9-4-3-5-12(14(9)17)15(18)11-6-7-13(16)10(2)8-11/h3-8,15H,18H2,1-2H3. The van der Waals surface area contributed by atoms with Gasteiger partial charge in [-0.3, -0.25) is 0 Å². The summed E-state index contributed by atoms with van der Waals surface area (Å²) in [5.41, 5.74) is 8.25. The predicted octanol–water partition coefficient (Wildman–Crippen LogP) is 3.63. The van der Waals surface area contributed by atoms with E-state index in [-0.39, 0.29) is 11.6 Å². The zero-order valence-corrected chi connectivity index (χ0v) is 10.4. The van der Waals surface area contributed by atoms with E-state index in [0.717, 1.165) is 0 Å². The van der Waals surface area contributed by atoms with Gasteiger partial charge in [-0.05, 0) is 36.6 Å². The summed E-state index contributed by atoms with van der Waals surface area (Å²) in [7, 11) is 0. The van der Waals surface area contributed by atoms with Crippen molar-refractivity contribution in [2.24, 2.45) is 5.73 Å². The Morgan fingerprint density at radius 2 is 1.72 bits per heavy atom. The van der Waals surface area contributed by atoms with Crippen LogP contribution in [0.15, 0.2) is 36.4 Å². The number of rotatable bonds is 2. The summed E-state index contributed by atoms with van der Waals surface area (Å²) in [5.74, 6) is -0.581. The Morgan fingerprint density at radius 3 is 2.39 bits per heavy atom. The van der Waals surface area contributed by atoms with Gasteiger partial charge in [-0.2, -0.15) is 0 Å². The molecule has 0 bridgehead atoms. The van der Waals surface area contributed by atoms with Crippen LogP contribution >= 0.6 is 0 Å². The van der Waals surface area contributed by atoms with E-state index in [0.29, 0.717) is 22.3 Å². The van der Waals surface area contributed by atoms with Crippen LogP contribution in [0.4, 0.5) is 8.78 Å². The highest BCUT2D eigenvalue weighted by atomic mass is 19.1. The second kappa shape index (κ2) is 4.86. The van der Waals surface area contributed by atoms with Crippen LogP contribution in [-0.2, 0) is 0 Å². The van der Waals surface area contributed by atoms with Crippen molar-refractivity contribution >= 4 is 0 Å². The molecule has 0 saturated heterocycles. The quantitative estimate of drug-likeness (QED) is 0.861. The summed E-state index contributed by atoms with van der Waals surface area (Å²) in [6.45, 7) is 3.36. The molecule has 2 N–H and O–H groups in total. The first-order valence-corrected chi connectivity index (χ1v) is 5.77. The monoisotopic (exact) mass is 247 g/mol. The number of nitrogens with two attached hydrogens (primary N) is 1. The molecule has 0 aliphatic carbocycles. The summed E-state index contributed by atoms with van der Waals surface area (Å²) in [6, 6.07) is 9.15. The van der Waals surface area contributed by atoms with Gasteiger partial charge in [-0.15, -0.1) is 0 Å². The molecule has 0 radical (unpaired) electrons. The van der Waals surface area contributed by atoms with E-state index in [2.05, 4.69) is 0 Å². The van der Waals surface area contributed by atoms with E-state index in [1.54, 1.807) is 44.2 Å². The highest BCUT2D eigenvalue weighted by Crippen LogP contribution is 2.25. The number of halogens is 2. The molecule has 94 valence electrons. The van der Waals surface area contributed by atoms with E-state index >= 15 is 0 Å². The molecule has 2 rings (SSSR count). The Bertz CT molecular complexity index is 579. The minimum absolute atomic E-state index is 0.282. The molecule has 3 heteroatoms. The van der Waals surface area contributed by atoms with Crippen LogP contribution in [0.1, 0.15) is 28.3 Å². The molecule has 0 heterocycles. The molecular formula is C15H15F2N. The SMILES string of the molecule is Cc1cc(C(N)c2cccc(C)c2F)ccc1F. The van der Waals surface area contributed by atoms with Gasteiger partial charge in [0.1, 0.15) is 11.6 Å². The lowest BCUT2D eigenvalue weighted by molar-refractivity contribution is 0.589. The zero-order valence-electron chi connectivity index (χ0n) is 10.4. The van der Waals surface area contributed by atoms with Crippen LogP contribution in [0.5, 0.6) is 0 Å². The van der Waals surface area contributed by atoms with Crippen molar-refractivity contribution < 1.29 is 8.78 Å². The van der Waals surface area contributed by atoms with Crippen molar-refractivity contribution in [1.29, 1.82) is 0 Å². The largest absolute Gasteiger partial charge is 0.320 e. The summed E-state index contributed by atoms with van der Waals surface area (Å²) < 4.78 is 27.2. The fraction of sp³-hybridized carbons (Fsp3) is 0.200. The molecule has 18 heavy (non-hydrogen) atoms. The summed E-state index contributed by atoms with van der Waals surface area (Å²) in [4.78, 5) is 0. The molecule has 2 aromatic carbocycles. The van der Waals surface area contributed by atoms with Gasteiger partial charge in [-0.25, -0.2) is 8.78 Å². The third-order valence-corrected chi connectivity index (χ3v) is 3.10. The second-order valence-corrected chi connectivity index (χ2v) is 4.46. The Balaban J connectivity index is 2.44. The van der Waals surface area contributed by atoms with Gasteiger partial charge in [0, 0.05) is 5.56 Å². The van der Waals surface area contributed by atoms with E-state index < -0.39 is 6.04 Å². The van der Waals surface area contributed by atoms with Gasteiger partial charge in [-0.1, -0.05) is 30.3 Å². The normalized spacial score (nSPS) is 12.5. The molecule has 1 unspecified atom stereocenters. The van der Waals surface area contributed by atoms with Crippen LogP contribution < -0.4 is 5.73 Å². The zero-order chi connectivity index (χ0) is 13.3. The molecule has 0 spiro atoms. The van der Waals surface area contributed by atoms with Crippen molar-refractivity contribution in [3.8, 4) is 0 Å². The maximum Gasteiger partial charge on any atom is 0.131 e. The van der Waals surface area contributed by atoms with Gasteiger partial charge < -0.3 is 5.73 Å². The van der Waals surface area contributed by atoms with Crippen LogP contribution in [0, 0.1) is 25.5 Å². The van der Waals surface area contributed by atoms with Gasteiger partial charge in [0.25, 0.3) is 0 Å². The third kappa shape index (κ3) is 2.27. The minimum atomic E-state index is -0.579. The lowest BCUT2D eigenvalue weighted by Gasteiger charge is -2.15. The van der Waals surface area contributed by atoms with E-state index in [1.165, 1.54) is 6.07 Å². The second-order valence-electron chi connectivity index (χ2n) is 4.46. The number of benzene rings is 2. The van der Waals surface area contributed by atoms with Crippen molar-refractivity contribution in [3.05, 3.63) is 70.3 Å². The van der Waals surface area contributed by atoms with Crippen molar-refractivity contribution in [1.82, 2.24) is 0 Å². The summed E-state index contributed by atoms with van der Waals surface area (Å²) >= 11 is 0. The summed E-state index contributed by atoms with van der Waals surface area (Å²) in [6.07, 6.45) is 0. The van der Waals surface area contributed by atoms with Gasteiger partial charge >= 0.3 is 0 Å². The lowest BCUT2D eigenvalue weighted by Crippen LogP contribution is -2.14. The molecule has 0 aliphatic heterocycles. The predicted molar refractivity (Wildman–Crippen MR) is 68.3 cm³/mol. The highest BCUT2D eigenvalue weighted by Gasteiger charge is 2.15. The minimum Gasteiger partial charge on any atom is -0.320 e. The molecular weight excluding hydrogens is 232 g/mol. The van der Waals surface area contributed by atoms with Crippen molar-refractivity contribution in [3.63, 3.8) is 0 Å². The molecule has 0 saturated carbocycles. The fourth-order valence-corrected chi connectivity index (χ4v) is 1.95. The first-order valence-electron chi connectivity index (χ1n) is 5.77. The first-order chi connectivity index (χ1) is 8.50. The maximum absolute atomic E-state index is 14.0. The molecule has 0 amide bonds. The average Bonchev–Trinajstić information content (AvgIpc) is 2.35. The first kappa shape index (κ1) is 12.7. The van der Waals surface area contributed by atoms with E-state index in [1.807, 2.05) is 0 Å². The van der Waals surface area contributed by atoms with E-state index in [4.69, 9.17) is 5.73 Å². The smallest absolute Gasteiger partial charge is 0.131 e. The van der Waals surface area contributed by atoms with Gasteiger partial charge in [0.05, 0.1) is 6.04 Å². The molecule has 0 fully saturated rings. The Kier molecular flexibility index (Phi) is 3.43. The van der Waals surface area contributed by atoms with Crippen LogP contribution in [0.25, 0.3) is 0 Å². The Morgan fingerprint density at radius 1 is 1.00 bits per heavy atom. The number of hydrogen-bond donors (Lipinski definition) is 1.